The van der Waals surface area contributed by atoms with Crippen LogP contribution < -0.4 is 10.6 Å². The molecule has 2 N–H and O–H groups in total. The SMILES string of the molecule is CCNC(=NCCCN(C(C)C)C(C)C)NCCc1nnc2ccccn12.I. The van der Waals surface area contributed by atoms with Gasteiger partial charge in [-0.25, -0.2) is 0 Å². The molecule has 0 atom stereocenters. The summed E-state index contributed by atoms with van der Waals surface area (Å²) in [6.07, 6.45) is 3.85. The maximum Gasteiger partial charge on any atom is 0.191 e. The van der Waals surface area contributed by atoms with E-state index in [-0.39, 0.29) is 24.0 Å². The Balaban J connectivity index is 0.00000392. The number of hydrogen-bond acceptors (Lipinski definition) is 4. The number of aliphatic imine (C=N–C) groups is 1. The van der Waals surface area contributed by atoms with Gasteiger partial charge in [-0.1, -0.05) is 6.07 Å². The average Bonchev–Trinajstić information content (AvgIpc) is 3.04. The molecule has 0 aliphatic carbocycles. The van der Waals surface area contributed by atoms with Crippen molar-refractivity contribution in [1.29, 1.82) is 0 Å². The van der Waals surface area contributed by atoms with Gasteiger partial charge in [0.25, 0.3) is 0 Å². The van der Waals surface area contributed by atoms with Crippen LogP contribution in [0.15, 0.2) is 29.4 Å². The third-order valence-corrected chi connectivity index (χ3v) is 4.54. The molecule has 2 aromatic heterocycles. The number of rotatable bonds is 10. The molecule has 0 saturated carbocycles. The smallest absolute Gasteiger partial charge is 0.191 e. The first-order chi connectivity index (χ1) is 13.0. The molecular weight excluding hydrogens is 465 g/mol. The molecule has 0 saturated heterocycles. The summed E-state index contributed by atoms with van der Waals surface area (Å²) in [4.78, 5) is 7.22. The van der Waals surface area contributed by atoms with E-state index >= 15 is 0 Å². The van der Waals surface area contributed by atoms with Crippen molar-refractivity contribution < 1.29 is 0 Å². The van der Waals surface area contributed by atoms with Gasteiger partial charge in [0, 0.05) is 50.9 Å². The molecular formula is C20H36IN7. The summed E-state index contributed by atoms with van der Waals surface area (Å²) in [7, 11) is 0. The van der Waals surface area contributed by atoms with E-state index in [1.807, 2.05) is 28.8 Å². The number of hydrogen-bond donors (Lipinski definition) is 2. The molecule has 158 valence electrons. The quantitative estimate of drug-likeness (QED) is 0.227. The molecule has 0 fully saturated rings. The van der Waals surface area contributed by atoms with E-state index in [4.69, 9.17) is 4.99 Å². The summed E-state index contributed by atoms with van der Waals surface area (Å²) in [5, 5.41) is 15.2. The lowest BCUT2D eigenvalue weighted by atomic mass is 10.2. The van der Waals surface area contributed by atoms with E-state index in [0.29, 0.717) is 12.1 Å². The van der Waals surface area contributed by atoms with Crippen LogP contribution >= 0.6 is 24.0 Å². The zero-order chi connectivity index (χ0) is 19.6. The van der Waals surface area contributed by atoms with Crippen LogP contribution in [0.1, 0.15) is 46.9 Å². The van der Waals surface area contributed by atoms with Gasteiger partial charge in [-0.3, -0.25) is 14.3 Å². The summed E-state index contributed by atoms with van der Waals surface area (Å²) in [6, 6.07) is 7.07. The van der Waals surface area contributed by atoms with E-state index in [0.717, 1.165) is 56.5 Å². The molecule has 0 aliphatic heterocycles. The summed E-state index contributed by atoms with van der Waals surface area (Å²) in [6.45, 7) is 14.6. The standard InChI is InChI=1S/C20H35N7.HI/c1-6-21-20(22-12-9-15-26(16(2)3)17(4)5)23-13-11-19-25-24-18-10-7-8-14-27(18)19;/h7-8,10,14,16-17H,6,9,11-13,15H2,1-5H3,(H2,21,22,23);1H. The second-order valence-electron chi connectivity index (χ2n) is 7.26. The number of pyridine rings is 1. The van der Waals surface area contributed by atoms with E-state index in [2.05, 4.69) is 60.3 Å². The van der Waals surface area contributed by atoms with Gasteiger partial charge in [-0.15, -0.1) is 34.2 Å². The number of halogens is 1. The number of fused-ring (bicyclic) bond motifs is 1. The van der Waals surface area contributed by atoms with Crippen molar-refractivity contribution >= 4 is 35.6 Å². The first-order valence-electron chi connectivity index (χ1n) is 10.1. The Morgan fingerprint density at radius 3 is 2.57 bits per heavy atom. The molecule has 0 aromatic carbocycles. The van der Waals surface area contributed by atoms with Gasteiger partial charge in [0.05, 0.1) is 0 Å². The van der Waals surface area contributed by atoms with E-state index < -0.39 is 0 Å². The van der Waals surface area contributed by atoms with Gasteiger partial charge < -0.3 is 10.6 Å². The molecule has 0 spiro atoms. The van der Waals surface area contributed by atoms with Crippen LogP contribution in [0.2, 0.25) is 0 Å². The van der Waals surface area contributed by atoms with Crippen LogP contribution in [-0.2, 0) is 6.42 Å². The van der Waals surface area contributed by atoms with Crippen molar-refractivity contribution in [2.45, 2.75) is 59.5 Å². The van der Waals surface area contributed by atoms with E-state index in [9.17, 15) is 0 Å². The lowest BCUT2D eigenvalue weighted by molar-refractivity contribution is 0.174. The van der Waals surface area contributed by atoms with Gasteiger partial charge in [0.2, 0.25) is 0 Å². The highest BCUT2D eigenvalue weighted by Crippen LogP contribution is 2.06. The molecule has 2 heterocycles. The Morgan fingerprint density at radius 1 is 1.14 bits per heavy atom. The zero-order valence-corrected chi connectivity index (χ0v) is 20.2. The van der Waals surface area contributed by atoms with E-state index in [1.54, 1.807) is 0 Å². The molecule has 7 nitrogen and oxygen atoms in total. The predicted octanol–water partition coefficient (Wildman–Crippen LogP) is 2.95. The fraction of sp³-hybridized carbons (Fsp3) is 0.650. The first kappa shape index (κ1) is 24.6. The van der Waals surface area contributed by atoms with Crippen molar-refractivity contribution in [2.75, 3.05) is 26.2 Å². The minimum Gasteiger partial charge on any atom is -0.357 e. The fourth-order valence-corrected chi connectivity index (χ4v) is 3.25. The van der Waals surface area contributed by atoms with Crippen LogP contribution in [0.3, 0.4) is 0 Å². The second kappa shape index (κ2) is 12.9. The highest BCUT2D eigenvalue weighted by atomic mass is 127. The number of nitrogens with one attached hydrogen (secondary N) is 2. The Bertz CT molecular complexity index is 703. The number of nitrogens with zero attached hydrogens (tertiary/aromatic N) is 5. The van der Waals surface area contributed by atoms with Crippen LogP contribution in [0.25, 0.3) is 5.65 Å². The molecule has 0 aliphatic rings. The lowest BCUT2D eigenvalue weighted by Gasteiger charge is -2.30. The minimum atomic E-state index is 0. The van der Waals surface area contributed by atoms with Crippen LogP contribution in [0.4, 0.5) is 0 Å². The molecule has 0 bridgehead atoms. The summed E-state index contributed by atoms with van der Waals surface area (Å²) < 4.78 is 2.03. The maximum absolute atomic E-state index is 4.71. The van der Waals surface area contributed by atoms with Crippen molar-refractivity contribution in [1.82, 2.24) is 30.1 Å². The first-order valence-corrected chi connectivity index (χ1v) is 10.1. The molecule has 8 heteroatoms. The Hall–Kier alpha value is -1.42. The Morgan fingerprint density at radius 2 is 1.89 bits per heavy atom. The molecule has 0 radical (unpaired) electrons. The average molecular weight is 501 g/mol. The van der Waals surface area contributed by atoms with Gasteiger partial charge in [-0.2, -0.15) is 0 Å². The highest BCUT2D eigenvalue weighted by Gasteiger charge is 2.12. The highest BCUT2D eigenvalue weighted by molar-refractivity contribution is 14.0. The molecule has 2 aromatic rings. The molecule has 0 unspecified atom stereocenters. The lowest BCUT2D eigenvalue weighted by Crippen LogP contribution is -2.39. The maximum atomic E-state index is 4.71. The Kier molecular flexibility index (Phi) is 11.4. The normalized spacial score (nSPS) is 12.1. The predicted molar refractivity (Wildman–Crippen MR) is 128 cm³/mol. The van der Waals surface area contributed by atoms with Gasteiger partial charge in [-0.05, 0) is 53.2 Å². The van der Waals surface area contributed by atoms with Crippen molar-refractivity contribution in [3.63, 3.8) is 0 Å². The topological polar surface area (TPSA) is 69.8 Å². The number of guanidine groups is 1. The Labute approximate surface area is 186 Å². The largest absolute Gasteiger partial charge is 0.357 e. The molecule has 2 rings (SSSR count). The van der Waals surface area contributed by atoms with Crippen LogP contribution in [0.5, 0.6) is 0 Å². The van der Waals surface area contributed by atoms with Crippen molar-refractivity contribution in [3.05, 3.63) is 30.2 Å². The summed E-state index contributed by atoms with van der Waals surface area (Å²) >= 11 is 0. The third kappa shape index (κ3) is 7.54. The van der Waals surface area contributed by atoms with E-state index in [1.165, 1.54) is 0 Å². The summed E-state index contributed by atoms with van der Waals surface area (Å²) in [5.41, 5.74) is 0.882. The van der Waals surface area contributed by atoms with Crippen molar-refractivity contribution in [3.8, 4) is 0 Å². The van der Waals surface area contributed by atoms with Crippen LogP contribution in [0, 0.1) is 0 Å². The van der Waals surface area contributed by atoms with Crippen LogP contribution in [-0.4, -0.2) is 63.7 Å². The second-order valence-corrected chi connectivity index (χ2v) is 7.26. The minimum absolute atomic E-state index is 0. The third-order valence-electron chi connectivity index (χ3n) is 4.54. The molecule has 28 heavy (non-hydrogen) atoms. The number of aromatic nitrogens is 3. The van der Waals surface area contributed by atoms with Gasteiger partial charge in [0.15, 0.2) is 11.6 Å². The van der Waals surface area contributed by atoms with Gasteiger partial charge in [0.1, 0.15) is 5.82 Å². The zero-order valence-electron chi connectivity index (χ0n) is 17.9. The fourth-order valence-electron chi connectivity index (χ4n) is 3.25. The molecule has 0 amide bonds. The monoisotopic (exact) mass is 501 g/mol. The summed E-state index contributed by atoms with van der Waals surface area (Å²) in [5.74, 6) is 1.82. The van der Waals surface area contributed by atoms with Crippen molar-refractivity contribution in [2.24, 2.45) is 4.99 Å². The van der Waals surface area contributed by atoms with Gasteiger partial charge >= 0.3 is 0 Å².